The van der Waals surface area contributed by atoms with Crippen LogP contribution in [0.4, 0.5) is 0 Å². The van der Waals surface area contributed by atoms with Gasteiger partial charge in [0.05, 0.1) is 16.8 Å². The zero-order chi connectivity index (χ0) is 13.6. The van der Waals surface area contributed by atoms with E-state index in [0.717, 1.165) is 22.4 Å². The summed E-state index contributed by atoms with van der Waals surface area (Å²) in [6, 6.07) is 4.32. The molecular formula is C10H4Cl2N4O2S. The molecule has 0 unspecified atom stereocenters. The molecule has 0 spiro atoms. The van der Waals surface area contributed by atoms with E-state index in [1.807, 2.05) is 0 Å². The summed E-state index contributed by atoms with van der Waals surface area (Å²) in [4.78, 5) is 26.2. The minimum absolute atomic E-state index is 0.0362. The summed E-state index contributed by atoms with van der Waals surface area (Å²) in [7, 11) is 0. The zero-order valence-corrected chi connectivity index (χ0v) is 11.4. The van der Waals surface area contributed by atoms with Crippen LogP contribution in [0.15, 0.2) is 27.8 Å². The number of H-pyrrole nitrogens is 1. The molecule has 6 nitrogen and oxygen atoms in total. The Kier molecular flexibility index (Phi) is 2.89. The van der Waals surface area contributed by atoms with Crippen molar-refractivity contribution in [2.45, 2.75) is 0 Å². The monoisotopic (exact) mass is 314 g/mol. The molecule has 0 bridgehead atoms. The van der Waals surface area contributed by atoms with Gasteiger partial charge in [-0.2, -0.15) is 8.75 Å². The predicted octanol–water partition coefficient (Wildman–Crippen LogP) is 1.84. The lowest BCUT2D eigenvalue weighted by Crippen LogP contribution is -2.33. The lowest BCUT2D eigenvalue weighted by Gasteiger charge is -2.06. The highest BCUT2D eigenvalue weighted by molar-refractivity contribution is 7.00. The molecule has 2 heterocycles. The van der Waals surface area contributed by atoms with Crippen molar-refractivity contribution in [2.24, 2.45) is 0 Å². The lowest BCUT2D eigenvalue weighted by molar-refractivity contribution is 0.881. The first-order valence-electron chi connectivity index (χ1n) is 5.01. The number of aromatic amines is 1. The van der Waals surface area contributed by atoms with E-state index in [4.69, 9.17) is 23.2 Å². The molecular weight excluding hydrogens is 311 g/mol. The summed E-state index contributed by atoms with van der Waals surface area (Å²) in [5.74, 6) is 0. The van der Waals surface area contributed by atoms with Gasteiger partial charge in [0.25, 0.3) is 5.56 Å². The molecule has 0 saturated heterocycles. The highest BCUT2D eigenvalue weighted by atomic mass is 35.5. The molecule has 3 aromatic rings. The van der Waals surface area contributed by atoms with Crippen LogP contribution in [0.2, 0.25) is 10.2 Å². The smallest absolute Gasteiger partial charge is 0.297 e. The summed E-state index contributed by atoms with van der Waals surface area (Å²) < 4.78 is 8.99. The van der Waals surface area contributed by atoms with E-state index in [1.165, 1.54) is 0 Å². The van der Waals surface area contributed by atoms with Crippen LogP contribution in [0.3, 0.4) is 0 Å². The van der Waals surface area contributed by atoms with Crippen molar-refractivity contribution in [3.05, 3.63) is 49.2 Å². The minimum Gasteiger partial charge on any atom is -0.297 e. The molecule has 96 valence electrons. The van der Waals surface area contributed by atoms with E-state index < -0.39 is 11.2 Å². The van der Waals surface area contributed by atoms with Crippen LogP contribution in [0.1, 0.15) is 0 Å². The van der Waals surface area contributed by atoms with E-state index in [9.17, 15) is 9.59 Å². The molecule has 0 aliphatic heterocycles. The van der Waals surface area contributed by atoms with Gasteiger partial charge in [-0.1, -0.05) is 23.2 Å². The molecule has 3 rings (SSSR count). The third kappa shape index (κ3) is 1.95. The van der Waals surface area contributed by atoms with E-state index in [1.54, 1.807) is 12.1 Å². The van der Waals surface area contributed by atoms with Crippen molar-refractivity contribution in [2.75, 3.05) is 0 Å². The van der Waals surface area contributed by atoms with Crippen molar-refractivity contribution in [1.29, 1.82) is 0 Å². The Hall–Kier alpha value is -1.70. The quantitative estimate of drug-likeness (QED) is 0.695. The molecule has 0 saturated carbocycles. The average Bonchev–Trinajstić information content (AvgIpc) is 2.79. The Morgan fingerprint density at radius 1 is 1.21 bits per heavy atom. The second-order valence-corrected chi connectivity index (χ2v) is 4.97. The largest absolute Gasteiger partial charge is 0.334 e. The number of nitrogens with one attached hydrogen (secondary N) is 1. The maximum Gasteiger partial charge on any atom is 0.334 e. The number of hydrogen-bond donors (Lipinski definition) is 1. The fraction of sp³-hybridized carbons (Fsp3) is 0. The molecule has 9 heteroatoms. The van der Waals surface area contributed by atoms with E-state index in [-0.39, 0.29) is 15.9 Å². The summed E-state index contributed by atoms with van der Waals surface area (Å²) in [6.07, 6.45) is 0. The van der Waals surface area contributed by atoms with Gasteiger partial charge in [-0.3, -0.25) is 9.78 Å². The number of halogens is 2. The van der Waals surface area contributed by atoms with Gasteiger partial charge < -0.3 is 0 Å². The van der Waals surface area contributed by atoms with Crippen molar-refractivity contribution in [3.63, 3.8) is 0 Å². The van der Waals surface area contributed by atoms with E-state index in [0.29, 0.717) is 11.0 Å². The third-order valence-corrected chi connectivity index (χ3v) is 3.53. The molecule has 0 aliphatic rings. The first-order chi connectivity index (χ1) is 9.08. The first-order valence-corrected chi connectivity index (χ1v) is 6.49. The van der Waals surface area contributed by atoms with Crippen molar-refractivity contribution < 1.29 is 0 Å². The number of nitrogens with zero attached hydrogens (tertiary/aromatic N) is 3. The van der Waals surface area contributed by atoms with Crippen LogP contribution in [0.5, 0.6) is 0 Å². The van der Waals surface area contributed by atoms with Crippen LogP contribution >= 0.6 is 34.9 Å². The highest BCUT2D eigenvalue weighted by Crippen LogP contribution is 2.26. The fourth-order valence-corrected chi connectivity index (χ4v) is 2.65. The van der Waals surface area contributed by atoms with E-state index >= 15 is 0 Å². The molecule has 1 aromatic carbocycles. The van der Waals surface area contributed by atoms with Crippen molar-refractivity contribution in [3.8, 4) is 5.69 Å². The number of fused-ring (bicyclic) bond motifs is 1. The molecule has 0 amide bonds. The Morgan fingerprint density at radius 3 is 2.74 bits per heavy atom. The SMILES string of the molecule is O=c1cc(Cl)[nH]c(=O)n1-c1c(Cl)ccc2nsnc12. The standard InChI is InChI=1S/C10H4Cl2N4O2S/c11-4-1-2-5-8(15-19-14-5)9(4)16-7(17)3-6(12)13-10(16)18/h1-3H,(H,13,18). The number of benzene rings is 1. The van der Waals surface area contributed by atoms with E-state index in [2.05, 4.69) is 13.7 Å². The second kappa shape index (κ2) is 4.44. The van der Waals surface area contributed by atoms with Crippen LogP contribution in [0.25, 0.3) is 16.7 Å². The average molecular weight is 315 g/mol. The molecule has 2 aromatic heterocycles. The summed E-state index contributed by atoms with van der Waals surface area (Å²) in [6.45, 7) is 0. The number of hydrogen-bond acceptors (Lipinski definition) is 5. The van der Waals surface area contributed by atoms with Gasteiger partial charge in [-0.25, -0.2) is 9.36 Å². The maximum absolute atomic E-state index is 11.9. The van der Waals surface area contributed by atoms with Crippen LogP contribution < -0.4 is 11.2 Å². The van der Waals surface area contributed by atoms with Crippen molar-refractivity contribution >= 4 is 46.0 Å². The normalized spacial score (nSPS) is 11.1. The molecule has 0 fully saturated rings. The van der Waals surface area contributed by atoms with Gasteiger partial charge >= 0.3 is 5.69 Å². The predicted molar refractivity (Wildman–Crippen MR) is 73.7 cm³/mol. The van der Waals surface area contributed by atoms with Crippen molar-refractivity contribution in [1.82, 2.24) is 18.3 Å². The molecule has 0 aliphatic carbocycles. The summed E-state index contributed by atoms with van der Waals surface area (Å²) in [5.41, 5.74) is -0.107. The molecule has 0 radical (unpaired) electrons. The molecule has 0 atom stereocenters. The maximum atomic E-state index is 11.9. The van der Waals surface area contributed by atoms with Gasteiger partial charge in [-0.15, -0.1) is 0 Å². The van der Waals surface area contributed by atoms with Gasteiger partial charge in [0, 0.05) is 6.07 Å². The Morgan fingerprint density at radius 2 is 2.00 bits per heavy atom. The highest BCUT2D eigenvalue weighted by Gasteiger charge is 2.16. The zero-order valence-electron chi connectivity index (χ0n) is 9.05. The van der Waals surface area contributed by atoms with Crippen LogP contribution in [0, 0.1) is 0 Å². The van der Waals surface area contributed by atoms with Gasteiger partial charge in [0.2, 0.25) is 0 Å². The topological polar surface area (TPSA) is 80.6 Å². The van der Waals surface area contributed by atoms with Crippen LogP contribution in [-0.2, 0) is 0 Å². The van der Waals surface area contributed by atoms with Gasteiger partial charge in [0.15, 0.2) is 0 Å². The Balaban J connectivity index is 2.50. The molecule has 1 N–H and O–H groups in total. The van der Waals surface area contributed by atoms with Gasteiger partial charge in [-0.05, 0) is 12.1 Å². The molecule has 19 heavy (non-hydrogen) atoms. The Bertz CT molecular complexity index is 867. The summed E-state index contributed by atoms with van der Waals surface area (Å²) in [5, 5.41) is 0.195. The summed E-state index contributed by atoms with van der Waals surface area (Å²) >= 11 is 12.7. The third-order valence-electron chi connectivity index (χ3n) is 2.48. The lowest BCUT2D eigenvalue weighted by atomic mass is 10.2. The van der Waals surface area contributed by atoms with Gasteiger partial charge in [0.1, 0.15) is 21.9 Å². The Labute approximate surface area is 119 Å². The van der Waals surface area contributed by atoms with Crippen LogP contribution in [-0.4, -0.2) is 18.3 Å². The minimum atomic E-state index is -0.681. The second-order valence-electron chi connectivity index (χ2n) is 3.62. The number of rotatable bonds is 1. The number of aromatic nitrogens is 4. The first kappa shape index (κ1) is 12.3. The fourth-order valence-electron chi connectivity index (χ4n) is 1.70.